The number of hydrogen-bond acceptors (Lipinski definition) is 6. The van der Waals surface area contributed by atoms with E-state index in [0.717, 1.165) is 51.4 Å². The molecule has 274 valence electrons. The van der Waals surface area contributed by atoms with Gasteiger partial charge in [-0.3, -0.25) is 10.6 Å². The molecule has 0 saturated heterocycles. The molecule has 3 aromatic carbocycles. The van der Waals surface area contributed by atoms with Gasteiger partial charge in [-0.2, -0.15) is 17.6 Å². The summed E-state index contributed by atoms with van der Waals surface area (Å²) in [5, 5.41) is 5.05. The summed E-state index contributed by atoms with van der Waals surface area (Å²) in [4.78, 5) is 24.1. The van der Waals surface area contributed by atoms with Gasteiger partial charge >= 0.3 is 12.2 Å². The zero-order valence-corrected chi connectivity index (χ0v) is 28.9. The molecule has 0 unspecified atom stereocenters. The number of anilines is 2. The zero-order chi connectivity index (χ0) is 36.1. The molecule has 8 nitrogen and oxygen atoms in total. The van der Waals surface area contributed by atoms with Crippen molar-refractivity contribution >= 4 is 23.6 Å². The van der Waals surface area contributed by atoms with E-state index in [1.165, 1.54) is 87.1 Å². The number of carbonyl (C=O) groups is 2. The Morgan fingerprint density at radius 1 is 0.480 bits per heavy atom. The van der Waals surface area contributed by atoms with Crippen molar-refractivity contribution in [3.63, 3.8) is 0 Å². The van der Waals surface area contributed by atoms with E-state index >= 15 is 0 Å². The minimum absolute atomic E-state index is 0.152. The van der Waals surface area contributed by atoms with E-state index < -0.39 is 47.0 Å². The van der Waals surface area contributed by atoms with Gasteiger partial charge < -0.3 is 18.9 Å². The molecule has 0 atom stereocenters. The molecule has 50 heavy (non-hydrogen) atoms. The molecular weight excluding hydrogens is 656 g/mol. The molecule has 3 aromatic rings. The normalized spacial score (nSPS) is 10.8. The van der Waals surface area contributed by atoms with Gasteiger partial charge in [0, 0.05) is 11.4 Å². The van der Waals surface area contributed by atoms with Gasteiger partial charge in [-0.25, -0.2) is 9.59 Å². The van der Waals surface area contributed by atoms with Crippen LogP contribution in [0.4, 0.5) is 38.5 Å². The SMILES string of the molecule is CCCCCCCCCOC(=O)Nc1ccc(Oc2c(F)c(F)c(Oc3ccc(NC(=O)OCCCCCCCCC)cc3)c(F)c2F)cc1. The number of unbranched alkanes of at least 4 members (excludes halogenated alkanes) is 12. The molecule has 0 spiro atoms. The Morgan fingerprint density at radius 2 is 0.780 bits per heavy atom. The first kappa shape index (κ1) is 40.0. The third-order valence-corrected chi connectivity index (χ3v) is 7.79. The van der Waals surface area contributed by atoms with E-state index in [1.807, 2.05) is 0 Å². The second kappa shape index (κ2) is 22.3. The van der Waals surface area contributed by atoms with Crippen LogP contribution in [0.1, 0.15) is 104 Å². The van der Waals surface area contributed by atoms with Gasteiger partial charge in [-0.15, -0.1) is 0 Å². The fraction of sp³-hybridized carbons (Fsp3) is 0.474. The van der Waals surface area contributed by atoms with E-state index in [0.29, 0.717) is 11.4 Å². The fourth-order valence-electron chi connectivity index (χ4n) is 4.97. The van der Waals surface area contributed by atoms with Crippen molar-refractivity contribution < 1.29 is 46.1 Å². The van der Waals surface area contributed by atoms with Crippen LogP contribution >= 0.6 is 0 Å². The number of nitrogens with one attached hydrogen (secondary N) is 2. The molecule has 2 N–H and O–H groups in total. The molecule has 0 aliphatic rings. The van der Waals surface area contributed by atoms with Crippen LogP contribution in [0.25, 0.3) is 0 Å². The number of ether oxygens (including phenoxy) is 4. The van der Waals surface area contributed by atoms with Crippen LogP contribution in [0.5, 0.6) is 23.0 Å². The van der Waals surface area contributed by atoms with Gasteiger partial charge in [0.05, 0.1) is 13.2 Å². The number of rotatable bonds is 22. The average molecular weight is 705 g/mol. The second-order valence-electron chi connectivity index (χ2n) is 11.9. The van der Waals surface area contributed by atoms with Crippen LogP contribution in [-0.2, 0) is 9.47 Å². The van der Waals surface area contributed by atoms with E-state index in [-0.39, 0.29) is 24.7 Å². The maximum Gasteiger partial charge on any atom is 0.411 e. The Kier molecular flexibility index (Phi) is 17.8. The summed E-state index contributed by atoms with van der Waals surface area (Å²) in [7, 11) is 0. The smallest absolute Gasteiger partial charge is 0.411 e. The summed E-state index contributed by atoms with van der Waals surface area (Å²) in [6.07, 6.45) is 13.8. The van der Waals surface area contributed by atoms with Crippen molar-refractivity contribution in [2.24, 2.45) is 0 Å². The Bertz CT molecular complexity index is 1330. The molecule has 3 rings (SSSR count). The first-order chi connectivity index (χ1) is 24.2. The molecule has 0 radical (unpaired) electrons. The highest BCUT2D eigenvalue weighted by Gasteiger charge is 2.29. The number of benzene rings is 3. The highest BCUT2D eigenvalue weighted by molar-refractivity contribution is 5.85. The first-order valence-corrected chi connectivity index (χ1v) is 17.5. The Morgan fingerprint density at radius 3 is 1.10 bits per heavy atom. The Labute approximate surface area is 291 Å². The fourth-order valence-corrected chi connectivity index (χ4v) is 4.97. The summed E-state index contributed by atoms with van der Waals surface area (Å²) in [5.74, 6) is -10.2. The van der Waals surface area contributed by atoms with Crippen LogP contribution in [0.2, 0.25) is 0 Å². The molecule has 0 heterocycles. The number of hydrogen-bond donors (Lipinski definition) is 2. The molecule has 0 fully saturated rings. The molecule has 0 saturated carbocycles. The maximum atomic E-state index is 14.9. The molecule has 0 aliphatic carbocycles. The van der Waals surface area contributed by atoms with E-state index in [2.05, 4.69) is 24.5 Å². The quantitative estimate of drug-likeness (QED) is 0.0614. The Hall–Kier alpha value is -4.48. The third kappa shape index (κ3) is 13.8. The van der Waals surface area contributed by atoms with Crippen LogP contribution in [0.15, 0.2) is 48.5 Å². The van der Waals surface area contributed by atoms with E-state index in [9.17, 15) is 27.2 Å². The minimum atomic E-state index is -1.81. The topological polar surface area (TPSA) is 95.1 Å². The van der Waals surface area contributed by atoms with Gasteiger partial charge in [0.2, 0.25) is 34.8 Å². The summed E-state index contributed by atoms with van der Waals surface area (Å²) < 4.78 is 80.2. The van der Waals surface area contributed by atoms with Crippen LogP contribution in [0, 0.1) is 23.3 Å². The lowest BCUT2D eigenvalue weighted by Gasteiger charge is -2.14. The van der Waals surface area contributed by atoms with Crippen molar-refractivity contribution in [1.29, 1.82) is 0 Å². The Balaban J connectivity index is 1.48. The summed E-state index contributed by atoms with van der Waals surface area (Å²) in [6.45, 7) is 4.86. The number of amides is 2. The highest BCUT2D eigenvalue weighted by Crippen LogP contribution is 2.39. The van der Waals surface area contributed by atoms with Gasteiger partial charge in [0.15, 0.2) is 0 Å². The largest absolute Gasteiger partial charge is 0.451 e. The lowest BCUT2D eigenvalue weighted by Crippen LogP contribution is -2.14. The standard InChI is InChI=1S/C38H48F4N2O6/c1-3-5-7-9-11-13-15-25-47-37(45)43-27-17-21-29(22-18-27)49-35-31(39)33(41)36(34(42)32(35)40)50-30-23-19-28(20-24-30)44-38(46)48-26-16-14-12-10-8-6-4-2/h17-24H,3-16,25-26H2,1-2H3,(H,43,45)(H,44,46). The molecule has 0 aromatic heterocycles. The third-order valence-electron chi connectivity index (χ3n) is 7.79. The lowest BCUT2D eigenvalue weighted by molar-refractivity contribution is 0.158. The van der Waals surface area contributed by atoms with Crippen molar-refractivity contribution in [3.05, 3.63) is 71.8 Å². The summed E-state index contributed by atoms with van der Waals surface area (Å²) >= 11 is 0. The molecule has 12 heteroatoms. The number of halogens is 4. The molecule has 0 aliphatic heterocycles. The van der Waals surface area contributed by atoms with Gasteiger partial charge in [0.25, 0.3) is 0 Å². The van der Waals surface area contributed by atoms with Crippen LogP contribution in [-0.4, -0.2) is 25.4 Å². The second-order valence-corrected chi connectivity index (χ2v) is 11.9. The lowest BCUT2D eigenvalue weighted by atomic mass is 10.1. The van der Waals surface area contributed by atoms with Crippen molar-refractivity contribution in [2.75, 3.05) is 23.8 Å². The van der Waals surface area contributed by atoms with Crippen LogP contribution in [0.3, 0.4) is 0 Å². The first-order valence-electron chi connectivity index (χ1n) is 17.5. The summed E-state index contributed by atoms with van der Waals surface area (Å²) in [6, 6.07) is 10.5. The van der Waals surface area contributed by atoms with Crippen LogP contribution < -0.4 is 20.1 Å². The monoisotopic (exact) mass is 704 g/mol. The number of carbonyl (C=O) groups excluding carboxylic acids is 2. The van der Waals surface area contributed by atoms with Gasteiger partial charge in [-0.05, 0) is 61.4 Å². The molecule has 2 amide bonds. The average Bonchev–Trinajstić information content (AvgIpc) is 3.11. The van der Waals surface area contributed by atoms with E-state index in [4.69, 9.17) is 18.9 Å². The van der Waals surface area contributed by atoms with Crippen molar-refractivity contribution in [3.8, 4) is 23.0 Å². The highest BCUT2D eigenvalue weighted by atomic mass is 19.2. The van der Waals surface area contributed by atoms with Gasteiger partial charge in [-0.1, -0.05) is 90.9 Å². The van der Waals surface area contributed by atoms with E-state index in [1.54, 1.807) is 0 Å². The summed E-state index contributed by atoms with van der Waals surface area (Å²) in [5.41, 5.74) is 0.621. The minimum Gasteiger partial charge on any atom is -0.451 e. The molecular formula is C38H48F4N2O6. The zero-order valence-electron chi connectivity index (χ0n) is 28.9. The molecule has 0 bridgehead atoms. The maximum absolute atomic E-state index is 14.9. The predicted octanol–water partition coefficient (Wildman–Crippen LogP) is 12.4. The van der Waals surface area contributed by atoms with Gasteiger partial charge in [0.1, 0.15) is 11.5 Å². The predicted molar refractivity (Wildman–Crippen MR) is 185 cm³/mol. The van der Waals surface area contributed by atoms with Crippen molar-refractivity contribution in [1.82, 2.24) is 0 Å². The van der Waals surface area contributed by atoms with Crippen molar-refractivity contribution in [2.45, 2.75) is 104 Å².